The summed E-state index contributed by atoms with van der Waals surface area (Å²) in [6.45, 7) is 2.16. The molecule has 0 N–H and O–H groups in total. The van der Waals surface area contributed by atoms with Gasteiger partial charge in [0.1, 0.15) is 0 Å². The molecule has 0 aromatic heterocycles. The van der Waals surface area contributed by atoms with Gasteiger partial charge in [-0.25, -0.2) is 0 Å². The van der Waals surface area contributed by atoms with E-state index in [-0.39, 0.29) is 0 Å². The van der Waals surface area contributed by atoms with Crippen LogP contribution in [0.3, 0.4) is 0 Å². The molecule has 0 amide bonds. The van der Waals surface area contributed by atoms with Crippen LogP contribution in [-0.4, -0.2) is 5.75 Å². The van der Waals surface area contributed by atoms with Crippen molar-refractivity contribution in [1.29, 1.82) is 5.26 Å². The van der Waals surface area contributed by atoms with Gasteiger partial charge in [0.2, 0.25) is 0 Å². The van der Waals surface area contributed by atoms with Crippen molar-refractivity contribution in [1.82, 2.24) is 0 Å². The Morgan fingerprint density at radius 3 is 2.86 bits per heavy atom. The molecule has 1 nitrogen and oxygen atoms in total. The van der Waals surface area contributed by atoms with Crippen molar-refractivity contribution < 1.29 is 0 Å². The third kappa shape index (κ3) is 3.25. The zero-order chi connectivity index (χ0) is 10.4. The molecule has 0 unspecified atom stereocenters. The molecule has 0 fully saturated rings. The van der Waals surface area contributed by atoms with E-state index in [0.717, 1.165) is 17.1 Å². The summed E-state index contributed by atoms with van der Waals surface area (Å²) in [5.41, 5.74) is 1.74. The minimum Gasteiger partial charge on any atom is -0.192 e. The predicted octanol–water partition coefficient (Wildman–Crippen LogP) is 3.85. The highest BCUT2D eigenvalue weighted by atomic mass is 35.5. The molecule has 0 aliphatic rings. The Kier molecular flexibility index (Phi) is 4.86. The van der Waals surface area contributed by atoms with Crippen molar-refractivity contribution >= 4 is 23.4 Å². The highest BCUT2D eigenvalue weighted by Gasteiger charge is 2.01. The fourth-order valence-corrected chi connectivity index (χ4v) is 2.29. The second-order valence-corrected chi connectivity index (χ2v) is 4.48. The van der Waals surface area contributed by atoms with E-state index in [2.05, 4.69) is 13.0 Å². The summed E-state index contributed by atoms with van der Waals surface area (Å²) in [5, 5.41) is 9.35. The van der Waals surface area contributed by atoms with Gasteiger partial charge in [0.05, 0.1) is 11.6 Å². The molecular weight excluding hydrogens is 214 g/mol. The van der Waals surface area contributed by atoms with Gasteiger partial charge in [-0.05, 0) is 29.9 Å². The maximum absolute atomic E-state index is 8.65. The largest absolute Gasteiger partial charge is 0.192 e. The van der Waals surface area contributed by atoms with Gasteiger partial charge in [0.25, 0.3) is 0 Å². The molecule has 14 heavy (non-hydrogen) atoms. The number of benzene rings is 1. The third-order valence-corrected chi connectivity index (χ3v) is 3.35. The summed E-state index contributed by atoms with van der Waals surface area (Å²) in [7, 11) is 0. The van der Waals surface area contributed by atoms with Gasteiger partial charge in [-0.3, -0.25) is 0 Å². The lowest BCUT2D eigenvalue weighted by Crippen LogP contribution is -1.85. The first-order chi connectivity index (χ1) is 6.77. The summed E-state index contributed by atoms with van der Waals surface area (Å²) in [6.07, 6.45) is 1.18. The first-order valence-corrected chi connectivity index (χ1v) is 6.07. The number of rotatable bonds is 4. The average Bonchev–Trinajstić information content (AvgIpc) is 2.20. The number of hydrogen-bond acceptors (Lipinski definition) is 2. The molecule has 0 saturated heterocycles. The number of halogens is 1. The summed E-state index contributed by atoms with van der Waals surface area (Å²) < 4.78 is 0. The molecule has 1 aromatic rings. The minimum absolute atomic E-state index is 0.624. The van der Waals surface area contributed by atoms with Crippen LogP contribution in [0.5, 0.6) is 0 Å². The average molecular weight is 226 g/mol. The Morgan fingerprint density at radius 2 is 2.29 bits per heavy atom. The smallest absolute Gasteiger partial charge is 0.0992 e. The number of hydrogen-bond donors (Lipinski definition) is 0. The minimum atomic E-state index is 0.624. The molecule has 1 rings (SSSR count). The summed E-state index contributed by atoms with van der Waals surface area (Å²) in [4.78, 5) is 0. The number of thioether (sulfide) groups is 1. The molecule has 3 heteroatoms. The molecule has 0 heterocycles. The van der Waals surface area contributed by atoms with E-state index in [9.17, 15) is 0 Å². The fraction of sp³-hybridized carbons (Fsp3) is 0.364. The molecule has 74 valence electrons. The highest BCUT2D eigenvalue weighted by molar-refractivity contribution is 7.98. The normalized spacial score (nSPS) is 9.79. The van der Waals surface area contributed by atoms with Crippen molar-refractivity contribution in [3.8, 4) is 6.07 Å². The van der Waals surface area contributed by atoms with Crippen LogP contribution in [0, 0.1) is 11.3 Å². The molecule has 0 spiro atoms. The monoisotopic (exact) mass is 225 g/mol. The van der Waals surface area contributed by atoms with Gasteiger partial charge < -0.3 is 0 Å². The van der Waals surface area contributed by atoms with E-state index in [4.69, 9.17) is 16.9 Å². The Bertz CT molecular complexity index is 344. The lowest BCUT2D eigenvalue weighted by Gasteiger charge is -2.03. The van der Waals surface area contributed by atoms with Crippen LogP contribution < -0.4 is 0 Å². The van der Waals surface area contributed by atoms with Gasteiger partial charge in [-0.15, -0.1) is 0 Å². The Labute approximate surface area is 94.1 Å². The zero-order valence-electron chi connectivity index (χ0n) is 8.09. The van der Waals surface area contributed by atoms with E-state index in [1.165, 1.54) is 6.42 Å². The van der Waals surface area contributed by atoms with Crippen molar-refractivity contribution in [3.63, 3.8) is 0 Å². The molecule has 0 bridgehead atoms. The Hall–Kier alpha value is -0.650. The first kappa shape index (κ1) is 11.4. The second kappa shape index (κ2) is 5.95. The Balaban J connectivity index is 2.65. The topological polar surface area (TPSA) is 23.8 Å². The van der Waals surface area contributed by atoms with Crippen LogP contribution in [0.4, 0.5) is 0 Å². The SMILES string of the molecule is CCCSCc1ccc(C#N)cc1Cl. The van der Waals surface area contributed by atoms with Crippen LogP contribution >= 0.6 is 23.4 Å². The van der Waals surface area contributed by atoms with E-state index in [1.807, 2.05) is 23.9 Å². The molecule has 0 radical (unpaired) electrons. The van der Waals surface area contributed by atoms with Crippen LogP contribution in [0.2, 0.25) is 5.02 Å². The van der Waals surface area contributed by atoms with Crippen LogP contribution in [0.15, 0.2) is 18.2 Å². The van der Waals surface area contributed by atoms with Crippen LogP contribution in [0.1, 0.15) is 24.5 Å². The molecule has 1 aromatic carbocycles. The molecule has 0 atom stereocenters. The van der Waals surface area contributed by atoms with Crippen molar-refractivity contribution in [2.75, 3.05) is 5.75 Å². The molecule has 0 aliphatic heterocycles. The van der Waals surface area contributed by atoms with Gasteiger partial charge >= 0.3 is 0 Å². The highest BCUT2D eigenvalue weighted by Crippen LogP contribution is 2.22. The maximum atomic E-state index is 8.65. The lowest BCUT2D eigenvalue weighted by molar-refractivity contribution is 1.10. The van der Waals surface area contributed by atoms with Gasteiger partial charge in [-0.2, -0.15) is 17.0 Å². The maximum Gasteiger partial charge on any atom is 0.0992 e. The van der Waals surface area contributed by atoms with Gasteiger partial charge in [0.15, 0.2) is 0 Å². The number of nitriles is 1. The lowest BCUT2D eigenvalue weighted by atomic mass is 10.2. The second-order valence-electron chi connectivity index (χ2n) is 2.97. The quantitative estimate of drug-likeness (QED) is 0.727. The first-order valence-electron chi connectivity index (χ1n) is 4.54. The predicted molar refractivity (Wildman–Crippen MR) is 62.6 cm³/mol. The zero-order valence-corrected chi connectivity index (χ0v) is 9.66. The molecule has 0 aliphatic carbocycles. The van der Waals surface area contributed by atoms with E-state index < -0.39 is 0 Å². The fourth-order valence-electron chi connectivity index (χ4n) is 1.06. The van der Waals surface area contributed by atoms with Crippen LogP contribution in [-0.2, 0) is 5.75 Å². The standard InChI is InChI=1S/C11H12ClNS/c1-2-5-14-8-10-4-3-9(7-13)6-11(10)12/h3-4,6H,2,5,8H2,1H3. The summed E-state index contributed by atoms with van der Waals surface area (Å²) in [5.74, 6) is 2.08. The van der Waals surface area contributed by atoms with Crippen LogP contribution in [0.25, 0.3) is 0 Å². The van der Waals surface area contributed by atoms with Crippen molar-refractivity contribution in [2.45, 2.75) is 19.1 Å². The van der Waals surface area contributed by atoms with Gasteiger partial charge in [-0.1, -0.05) is 24.6 Å². The number of nitrogens with zero attached hydrogens (tertiary/aromatic N) is 1. The van der Waals surface area contributed by atoms with Gasteiger partial charge in [0, 0.05) is 10.8 Å². The molecule has 0 saturated carbocycles. The van der Waals surface area contributed by atoms with E-state index in [0.29, 0.717) is 10.6 Å². The van der Waals surface area contributed by atoms with Crippen molar-refractivity contribution in [3.05, 3.63) is 34.3 Å². The summed E-state index contributed by atoms with van der Waals surface area (Å²) >= 11 is 7.89. The van der Waals surface area contributed by atoms with Crippen molar-refractivity contribution in [2.24, 2.45) is 0 Å². The summed E-state index contributed by atoms with van der Waals surface area (Å²) in [6, 6.07) is 7.54. The third-order valence-electron chi connectivity index (χ3n) is 1.79. The van der Waals surface area contributed by atoms with E-state index in [1.54, 1.807) is 6.07 Å². The Morgan fingerprint density at radius 1 is 1.50 bits per heavy atom. The van der Waals surface area contributed by atoms with E-state index >= 15 is 0 Å². The molecular formula is C11H12ClNS.